The molecule has 31 heavy (non-hydrogen) atoms. The molecule has 0 spiro atoms. The molecule has 1 saturated carbocycles. The number of methoxy groups -OCH3 is 1. The maximum absolute atomic E-state index is 6.26. The molecule has 5 nitrogen and oxygen atoms in total. The van der Waals surface area contributed by atoms with Crippen LogP contribution in [0.5, 0.6) is 5.75 Å². The van der Waals surface area contributed by atoms with Crippen molar-refractivity contribution < 1.29 is 4.74 Å². The van der Waals surface area contributed by atoms with Gasteiger partial charge in [-0.05, 0) is 72.9 Å². The number of hydrogen-bond acceptors (Lipinski definition) is 5. The summed E-state index contributed by atoms with van der Waals surface area (Å²) < 4.78 is 5.54. The van der Waals surface area contributed by atoms with E-state index in [0.717, 1.165) is 27.9 Å². The summed E-state index contributed by atoms with van der Waals surface area (Å²) in [4.78, 5) is 13.7. The van der Waals surface area contributed by atoms with Gasteiger partial charge in [-0.1, -0.05) is 25.4 Å². The van der Waals surface area contributed by atoms with E-state index in [0.29, 0.717) is 22.6 Å². The molecule has 0 atom stereocenters. The molecule has 0 amide bonds. The number of halogens is 1. The largest absolute Gasteiger partial charge is 0.496 e. The Morgan fingerprint density at radius 2 is 1.87 bits per heavy atom. The summed E-state index contributed by atoms with van der Waals surface area (Å²) in [5.74, 6) is 2.84. The second kappa shape index (κ2) is 9.31. The van der Waals surface area contributed by atoms with Gasteiger partial charge in [-0.2, -0.15) is 0 Å². The summed E-state index contributed by atoms with van der Waals surface area (Å²) in [6.45, 7) is 4.00. The fourth-order valence-corrected chi connectivity index (χ4v) is 3.65. The average molecular weight is 433 g/mol. The van der Waals surface area contributed by atoms with E-state index in [-0.39, 0.29) is 0 Å². The highest BCUT2D eigenvalue weighted by molar-refractivity contribution is 6.31. The van der Waals surface area contributed by atoms with Crippen LogP contribution in [-0.4, -0.2) is 22.1 Å². The Kier molecular flexibility index (Phi) is 6.33. The summed E-state index contributed by atoms with van der Waals surface area (Å²) in [5, 5.41) is 4.99. The van der Waals surface area contributed by atoms with Gasteiger partial charge in [-0.25, -0.2) is 9.97 Å². The zero-order valence-electron chi connectivity index (χ0n) is 17.9. The molecule has 6 heteroatoms. The van der Waals surface area contributed by atoms with Crippen molar-refractivity contribution in [3.63, 3.8) is 0 Å². The number of hydrogen-bond donors (Lipinski definition) is 1. The molecular weight excluding hydrogens is 408 g/mol. The third-order valence-corrected chi connectivity index (χ3v) is 5.32. The fourth-order valence-electron chi connectivity index (χ4n) is 3.48. The number of nitrogens with zero attached hydrogens (tertiary/aromatic N) is 3. The van der Waals surface area contributed by atoms with Crippen LogP contribution in [0.25, 0.3) is 22.3 Å². The van der Waals surface area contributed by atoms with Gasteiger partial charge >= 0.3 is 0 Å². The van der Waals surface area contributed by atoms with Crippen molar-refractivity contribution in [2.24, 2.45) is 0 Å². The van der Waals surface area contributed by atoms with E-state index in [1.807, 2.05) is 56.3 Å². The molecule has 0 unspecified atom stereocenters. The van der Waals surface area contributed by atoms with E-state index in [4.69, 9.17) is 26.3 Å². The van der Waals surface area contributed by atoms with Gasteiger partial charge in [0, 0.05) is 34.1 Å². The first-order valence-corrected chi connectivity index (χ1v) is 10.9. The number of nitrogens with one attached hydrogen (secondary N) is 1. The molecule has 0 aliphatic heterocycles. The highest BCUT2D eigenvalue weighted by Crippen LogP contribution is 2.45. The van der Waals surface area contributed by atoms with Gasteiger partial charge in [-0.15, -0.1) is 0 Å². The van der Waals surface area contributed by atoms with Gasteiger partial charge in [0.05, 0.1) is 12.6 Å². The van der Waals surface area contributed by atoms with Crippen molar-refractivity contribution in [1.29, 1.82) is 0 Å². The predicted molar refractivity (Wildman–Crippen MR) is 127 cm³/mol. The second-order valence-corrected chi connectivity index (χ2v) is 7.59. The predicted octanol–water partition coefficient (Wildman–Crippen LogP) is 7.00. The molecule has 0 radical (unpaired) electrons. The number of ether oxygens (including phenoxy) is 1. The van der Waals surface area contributed by atoms with Crippen LogP contribution in [0.4, 0.5) is 11.5 Å². The van der Waals surface area contributed by atoms with Crippen LogP contribution in [0.3, 0.4) is 0 Å². The molecule has 1 aliphatic rings. The zero-order chi connectivity index (χ0) is 21.8. The third kappa shape index (κ3) is 4.62. The standard InChI is InChI=1S/C23H19ClN4O.C2H6/c1-29-21-9-7-17(12-18(21)14-4-5-14)26-23-19-11-16(24)6-8-20(19)27-22(28-23)15-3-2-10-25-13-15;1-2/h2-3,6-14H,4-5H2,1H3,(H,26,27,28);1-2H3. The van der Waals surface area contributed by atoms with Gasteiger partial charge in [0.1, 0.15) is 11.6 Å². The Hall–Kier alpha value is -3.18. The van der Waals surface area contributed by atoms with Gasteiger partial charge in [-0.3, -0.25) is 4.98 Å². The number of anilines is 2. The number of rotatable bonds is 5. The van der Waals surface area contributed by atoms with Gasteiger partial charge in [0.15, 0.2) is 5.82 Å². The molecular formula is C25H25ClN4O. The maximum atomic E-state index is 6.26. The van der Waals surface area contributed by atoms with Crippen molar-refractivity contribution in [2.75, 3.05) is 12.4 Å². The van der Waals surface area contributed by atoms with E-state index in [1.165, 1.54) is 18.4 Å². The third-order valence-electron chi connectivity index (χ3n) is 5.09. The molecule has 4 aromatic rings. The lowest BCUT2D eigenvalue weighted by molar-refractivity contribution is 0.410. The van der Waals surface area contributed by atoms with Crippen molar-refractivity contribution in [3.05, 3.63) is 71.5 Å². The SMILES string of the molecule is CC.COc1ccc(Nc2nc(-c3cccnc3)nc3ccc(Cl)cc23)cc1C1CC1. The minimum absolute atomic E-state index is 0.578. The van der Waals surface area contributed by atoms with E-state index in [9.17, 15) is 0 Å². The second-order valence-electron chi connectivity index (χ2n) is 7.15. The van der Waals surface area contributed by atoms with E-state index >= 15 is 0 Å². The summed E-state index contributed by atoms with van der Waals surface area (Å²) in [6.07, 6.45) is 5.91. The van der Waals surface area contributed by atoms with E-state index in [1.54, 1.807) is 19.5 Å². The summed E-state index contributed by atoms with van der Waals surface area (Å²) in [5.41, 5.74) is 3.88. The van der Waals surface area contributed by atoms with E-state index in [2.05, 4.69) is 16.4 Å². The smallest absolute Gasteiger partial charge is 0.163 e. The van der Waals surface area contributed by atoms with Gasteiger partial charge in [0.25, 0.3) is 0 Å². The molecule has 2 heterocycles. The first-order chi connectivity index (χ1) is 15.2. The topological polar surface area (TPSA) is 59.9 Å². The number of benzene rings is 2. The van der Waals surface area contributed by atoms with Crippen LogP contribution >= 0.6 is 11.6 Å². The van der Waals surface area contributed by atoms with Gasteiger partial charge in [0.2, 0.25) is 0 Å². The van der Waals surface area contributed by atoms with Crippen LogP contribution in [0.15, 0.2) is 60.9 Å². The van der Waals surface area contributed by atoms with Crippen LogP contribution in [0, 0.1) is 0 Å². The average Bonchev–Trinajstić information content (AvgIpc) is 3.66. The van der Waals surface area contributed by atoms with Crippen LogP contribution < -0.4 is 10.1 Å². The first-order valence-electron chi connectivity index (χ1n) is 10.5. The highest BCUT2D eigenvalue weighted by atomic mass is 35.5. The molecule has 2 aromatic carbocycles. The Bertz CT molecular complexity index is 1190. The molecule has 1 aliphatic carbocycles. The summed E-state index contributed by atoms with van der Waals surface area (Å²) in [7, 11) is 1.72. The zero-order valence-corrected chi connectivity index (χ0v) is 18.6. The Morgan fingerprint density at radius 1 is 1.03 bits per heavy atom. The van der Waals surface area contributed by atoms with Crippen LogP contribution in [0.1, 0.15) is 38.2 Å². The minimum atomic E-state index is 0.578. The number of aromatic nitrogens is 3. The normalized spacial score (nSPS) is 12.8. The Labute approximate surface area is 187 Å². The molecule has 0 bridgehead atoms. The molecule has 5 rings (SSSR count). The quantitative estimate of drug-likeness (QED) is 0.367. The number of pyridine rings is 1. The van der Waals surface area contributed by atoms with Crippen molar-refractivity contribution in [2.45, 2.75) is 32.6 Å². The van der Waals surface area contributed by atoms with Gasteiger partial charge < -0.3 is 10.1 Å². The lowest BCUT2D eigenvalue weighted by Gasteiger charge is -2.14. The van der Waals surface area contributed by atoms with Crippen molar-refractivity contribution in [1.82, 2.24) is 15.0 Å². The maximum Gasteiger partial charge on any atom is 0.163 e. The monoisotopic (exact) mass is 432 g/mol. The lowest BCUT2D eigenvalue weighted by Crippen LogP contribution is -2.00. The minimum Gasteiger partial charge on any atom is -0.496 e. The molecule has 1 fully saturated rings. The number of fused-ring (bicyclic) bond motifs is 1. The molecule has 2 aromatic heterocycles. The summed E-state index contributed by atoms with van der Waals surface area (Å²) >= 11 is 6.26. The van der Waals surface area contributed by atoms with Crippen LogP contribution in [-0.2, 0) is 0 Å². The van der Waals surface area contributed by atoms with Crippen LogP contribution in [0.2, 0.25) is 5.02 Å². The first kappa shape index (κ1) is 21.1. The summed E-state index contributed by atoms with van der Waals surface area (Å²) in [6, 6.07) is 15.6. The molecule has 1 N–H and O–H groups in total. The lowest BCUT2D eigenvalue weighted by atomic mass is 10.1. The highest BCUT2D eigenvalue weighted by Gasteiger charge is 2.27. The Balaban J connectivity index is 0.00000112. The molecule has 0 saturated heterocycles. The Morgan fingerprint density at radius 3 is 2.58 bits per heavy atom. The fraction of sp³-hybridized carbons (Fsp3) is 0.240. The van der Waals surface area contributed by atoms with Crippen molar-refractivity contribution in [3.8, 4) is 17.1 Å². The van der Waals surface area contributed by atoms with E-state index < -0.39 is 0 Å². The molecule has 158 valence electrons. The van der Waals surface area contributed by atoms with Crippen molar-refractivity contribution >= 4 is 34.0 Å².